The zero-order valence-corrected chi connectivity index (χ0v) is 14.8. The van der Waals surface area contributed by atoms with Crippen LogP contribution < -0.4 is 10.1 Å². The van der Waals surface area contributed by atoms with Gasteiger partial charge in [0.1, 0.15) is 5.75 Å². The number of carbonyl (C=O) groups excluding carboxylic acids is 2. The summed E-state index contributed by atoms with van der Waals surface area (Å²) in [5.41, 5.74) is 1.64. The number of rotatable bonds is 4. The molecule has 1 aromatic carbocycles. The Morgan fingerprint density at radius 2 is 2.04 bits per heavy atom. The van der Waals surface area contributed by atoms with Crippen LogP contribution in [-0.4, -0.2) is 35.4 Å². The molecule has 1 saturated carbocycles. The van der Waals surface area contributed by atoms with Crippen LogP contribution in [-0.2, 0) is 17.8 Å². The van der Waals surface area contributed by atoms with Gasteiger partial charge < -0.3 is 15.0 Å². The maximum atomic E-state index is 12.7. The smallest absolute Gasteiger partial charge is 0.254 e. The average Bonchev–Trinajstić information content (AvgIpc) is 3.41. The minimum Gasteiger partial charge on any atom is -0.497 e. The maximum absolute atomic E-state index is 12.7. The minimum absolute atomic E-state index is 0.00488. The molecule has 2 aliphatic rings. The van der Waals surface area contributed by atoms with Crippen LogP contribution in [0.4, 0.5) is 5.13 Å². The molecular formula is C18H19N3O3S. The van der Waals surface area contributed by atoms with Gasteiger partial charge in [-0.25, -0.2) is 4.98 Å². The average molecular weight is 357 g/mol. The van der Waals surface area contributed by atoms with E-state index in [1.165, 1.54) is 11.3 Å². The second kappa shape index (κ2) is 6.48. The van der Waals surface area contributed by atoms with Gasteiger partial charge in [0.2, 0.25) is 5.91 Å². The lowest BCUT2D eigenvalue weighted by atomic mass is 10.1. The van der Waals surface area contributed by atoms with Crippen LogP contribution in [0.5, 0.6) is 5.75 Å². The fourth-order valence-electron chi connectivity index (χ4n) is 2.89. The van der Waals surface area contributed by atoms with E-state index in [1.807, 2.05) is 4.90 Å². The van der Waals surface area contributed by atoms with E-state index < -0.39 is 0 Å². The highest BCUT2D eigenvalue weighted by Gasteiger charge is 2.31. The van der Waals surface area contributed by atoms with Crippen LogP contribution in [0.2, 0.25) is 0 Å². The molecule has 130 valence electrons. The highest BCUT2D eigenvalue weighted by atomic mass is 32.1. The topological polar surface area (TPSA) is 71.5 Å². The van der Waals surface area contributed by atoms with Crippen LogP contribution in [0.3, 0.4) is 0 Å². The number of amides is 2. The van der Waals surface area contributed by atoms with Gasteiger partial charge in [-0.2, -0.15) is 0 Å². The first kappa shape index (κ1) is 16.1. The molecular weight excluding hydrogens is 338 g/mol. The molecule has 2 heterocycles. The van der Waals surface area contributed by atoms with Crippen molar-refractivity contribution in [1.29, 1.82) is 0 Å². The Morgan fingerprint density at radius 3 is 2.72 bits per heavy atom. The van der Waals surface area contributed by atoms with Gasteiger partial charge in [0.25, 0.3) is 5.91 Å². The van der Waals surface area contributed by atoms with E-state index in [0.29, 0.717) is 30.2 Å². The number of methoxy groups -OCH3 is 1. The Balaban J connectivity index is 1.45. The summed E-state index contributed by atoms with van der Waals surface area (Å²) < 4.78 is 5.13. The van der Waals surface area contributed by atoms with Crippen LogP contribution in [0.25, 0.3) is 0 Å². The predicted octanol–water partition coefficient (Wildman–Crippen LogP) is 2.70. The van der Waals surface area contributed by atoms with Crippen molar-refractivity contribution in [2.24, 2.45) is 5.92 Å². The number of hydrogen-bond donors (Lipinski definition) is 1. The van der Waals surface area contributed by atoms with Gasteiger partial charge in [0.15, 0.2) is 5.13 Å². The Kier molecular flexibility index (Phi) is 4.17. The van der Waals surface area contributed by atoms with Crippen LogP contribution in [0.1, 0.15) is 33.8 Å². The lowest BCUT2D eigenvalue weighted by molar-refractivity contribution is -0.117. The van der Waals surface area contributed by atoms with E-state index in [9.17, 15) is 9.59 Å². The second-order valence-electron chi connectivity index (χ2n) is 6.36. The lowest BCUT2D eigenvalue weighted by Crippen LogP contribution is -2.35. The number of thiazole rings is 1. The van der Waals surface area contributed by atoms with Crippen molar-refractivity contribution in [3.63, 3.8) is 0 Å². The number of ether oxygens (including phenoxy) is 1. The Morgan fingerprint density at radius 1 is 1.28 bits per heavy atom. The predicted molar refractivity (Wildman–Crippen MR) is 94.9 cm³/mol. The molecule has 1 aromatic heterocycles. The van der Waals surface area contributed by atoms with Gasteiger partial charge in [0.05, 0.1) is 19.3 Å². The Labute approximate surface area is 149 Å². The molecule has 6 nitrogen and oxygen atoms in total. The third-order valence-electron chi connectivity index (χ3n) is 4.53. The molecule has 2 aromatic rings. The van der Waals surface area contributed by atoms with Crippen molar-refractivity contribution in [2.45, 2.75) is 25.8 Å². The van der Waals surface area contributed by atoms with Crippen molar-refractivity contribution in [3.8, 4) is 5.75 Å². The molecule has 1 N–H and O–H groups in total. The molecule has 1 aliphatic heterocycles. The number of benzene rings is 1. The van der Waals surface area contributed by atoms with E-state index in [-0.39, 0.29) is 17.7 Å². The van der Waals surface area contributed by atoms with Gasteiger partial charge in [0, 0.05) is 29.3 Å². The molecule has 7 heteroatoms. The summed E-state index contributed by atoms with van der Waals surface area (Å²) in [5, 5.41) is 3.55. The summed E-state index contributed by atoms with van der Waals surface area (Å²) in [5.74, 6) is 0.965. The SMILES string of the molecule is COc1ccc(C(=O)N2CCc3nc(NC(=O)C4CC4)sc3C2)cc1. The molecule has 1 fully saturated rings. The summed E-state index contributed by atoms with van der Waals surface area (Å²) in [7, 11) is 1.60. The number of carbonyl (C=O) groups is 2. The first-order chi connectivity index (χ1) is 12.1. The summed E-state index contributed by atoms with van der Waals surface area (Å²) >= 11 is 1.47. The van der Waals surface area contributed by atoms with Gasteiger partial charge >= 0.3 is 0 Å². The number of nitrogens with one attached hydrogen (secondary N) is 1. The Hall–Kier alpha value is -2.41. The van der Waals surface area contributed by atoms with Crippen molar-refractivity contribution >= 4 is 28.3 Å². The molecule has 1 aliphatic carbocycles. The quantitative estimate of drug-likeness (QED) is 0.913. The molecule has 0 radical (unpaired) electrons. The molecule has 0 saturated heterocycles. The van der Waals surface area contributed by atoms with E-state index in [4.69, 9.17) is 4.74 Å². The Bertz CT molecular complexity index is 811. The molecule has 0 unspecified atom stereocenters. The van der Waals surface area contributed by atoms with E-state index >= 15 is 0 Å². The molecule has 2 amide bonds. The van der Waals surface area contributed by atoms with Gasteiger partial charge in [-0.1, -0.05) is 11.3 Å². The first-order valence-electron chi connectivity index (χ1n) is 8.37. The van der Waals surface area contributed by atoms with E-state index in [0.717, 1.165) is 29.2 Å². The maximum Gasteiger partial charge on any atom is 0.254 e. The number of fused-ring (bicyclic) bond motifs is 1. The molecule has 0 atom stereocenters. The van der Waals surface area contributed by atoms with Crippen molar-refractivity contribution in [2.75, 3.05) is 19.0 Å². The first-order valence-corrected chi connectivity index (χ1v) is 9.18. The number of aromatic nitrogens is 1. The van der Waals surface area contributed by atoms with Crippen LogP contribution >= 0.6 is 11.3 Å². The molecule has 4 rings (SSSR count). The number of nitrogens with zero attached hydrogens (tertiary/aromatic N) is 2. The zero-order valence-electron chi connectivity index (χ0n) is 13.9. The monoisotopic (exact) mass is 357 g/mol. The lowest BCUT2D eigenvalue weighted by Gasteiger charge is -2.26. The van der Waals surface area contributed by atoms with Crippen LogP contribution in [0, 0.1) is 5.92 Å². The van der Waals surface area contributed by atoms with E-state index in [2.05, 4.69) is 10.3 Å². The third-order valence-corrected chi connectivity index (χ3v) is 5.53. The summed E-state index contributed by atoms with van der Waals surface area (Å²) in [6.07, 6.45) is 2.66. The van der Waals surface area contributed by atoms with Crippen molar-refractivity contribution in [3.05, 3.63) is 40.4 Å². The van der Waals surface area contributed by atoms with E-state index in [1.54, 1.807) is 31.4 Å². The summed E-state index contributed by atoms with van der Waals surface area (Å²) in [6, 6.07) is 7.15. The number of anilines is 1. The standard InChI is InChI=1S/C18H19N3O3S/c1-24-13-6-4-12(5-7-13)17(23)21-9-8-14-15(10-21)25-18(19-14)20-16(22)11-2-3-11/h4-7,11H,2-3,8-10H2,1H3,(H,19,20,22). The summed E-state index contributed by atoms with van der Waals surface area (Å²) in [6.45, 7) is 1.18. The van der Waals surface area contributed by atoms with Crippen LogP contribution in [0.15, 0.2) is 24.3 Å². The highest BCUT2D eigenvalue weighted by Crippen LogP contribution is 2.33. The zero-order chi connectivity index (χ0) is 17.4. The molecule has 25 heavy (non-hydrogen) atoms. The third kappa shape index (κ3) is 3.37. The van der Waals surface area contributed by atoms with Gasteiger partial charge in [-0.15, -0.1) is 0 Å². The largest absolute Gasteiger partial charge is 0.497 e. The normalized spacial score (nSPS) is 16.3. The number of hydrogen-bond acceptors (Lipinski definition) is 5. The summed E-state index contributed by atoms with van der Waals surface area (Å²) in [4.78, 5) is 32.0. The van der Waals surface area contributed by atoms with Gasteiger partial charge in [-0.3, -0.25) is 9.59 Å². The molecule has 0 bridgehead atoms. The molecule has 0 spiro atoms. The minimum atomic E-state index is 0.00488. The fraction of sp³-hybridized carbons (Fsp3) is 0.389. The highest BCUT2D eigenvalue weighted by molar-refractivity contribution is 7.15. The van der Waals surface area contributed by atoms with Crippen molar-refractivity contribution < 1.29 is 14.3 Å². The van der Waals surface area contributed by atoms with Gasteiger partial charge in [-0.05, 0) is 37.1 Å². The van der Waals surface area contributed by atoms with Crippen molar-refractivity contribution in [1.82, 2.24) is 9.88 Å². The second-order valence-corrected chi connectivity index (χ2v) is 7.44. The fourth-order valence-corrected chi connectivity index (χ4v) is 3.92.